The second-order valence-corrected chi connectivity index (χ2v) is 13.3. The van der Waals surface area contributed by atoms with Crippen LogP contribution in [0.3, 0.4) is 0 Å². The van der Waals surface area contributed by atoms with E-state index in [0.717, 1.165) is 66.0 Å². The number of nitrogens with zero attached hydrogens (tertiary/aromatic N) is 4. The Balaban J connectivity index is 1.13. The minimum atomic E-state index is 0.593. The molecular formula is C47H28N4O. The molecule has 0 aliphatic rings. The monoisotopic (exact) mass is 664 g/mol. The third-order valence-corrected chi connectivity index (χ3v) is 10.2. The maximum absolute atomic E-state index is 6.45. The van der Waals surface area contributed by atoms with E-state index in [9.17, 15) is 0 Å². The molecule has 0 fully saturated rings. The first-order valence-electron chi connectivity index (χ1n) is 17.4. The predicted molar refractivity (Wildman–Crippen MR) is 213 cm³/mol. The Morgan fingerprint density at radius 1 is 0.365 bits per heavy atom. The molecule has 0 spiro atoms. The van der Waals surface area contributed by atoms with Crippen LogP contribution in [0.1, 0.15) is 0 Å². The molecule has 0 bridgehead atoms. The first kappa shape index (κ1) is 28.7. The van der Waals surface area contributed by atoms with Gasteiger partial charge in [-0.1, -0.05) is 115 Å². The fraction of sp³-hybridized carbons (Fsp3) is 0. The first-order valence-corrected chi connectivity index (χ1v) is 17.4. The van der Waals surface area contributed by atoms with Gasteiger partial charge in [0.05, 0.1) is 11.0 Å². The van der Waals surface area contributed by atoms with Crippen LogP contribution in [0.5, 0.6) is 0 Å². The lowest BCUT2D eigenvalue weighted by atomic mass is 10.0. The summed E-state index contributed by atoms with van der Waals surface area (Å²) in [6, 6.07) is 59.2. The summed E-state index contributed by atoms with van der Waals surface area (Å²) < 4.78 is 8.80. The van der Waals surface area contributed by atoms with E-state index in [-0.39, 0.29) is 0 Å². The van der Waals surface area contributed by atoms with Gasteiger partial charge < -0.3 is 8.98 Å². The minimum absolute atomic E-state index is 0.593. The third kappa shape index (κ3) is 4.46. The van der Waals surface area contributed by atoms with Crippen LogP contribution >= 0.6 is 0 Å². The molecule has 8 aromatic carbocycles. The van der Waals surface area contributed by atoms with E-state index in [1.54, 1.807) is 0 Å². The Labute approximate surface area is 298 Å². The third-order valence-electron chi connectivity index (χ3n) is 10.2. The van der Waals surface area contributed by atoms with Crippen molar-refractivity contribution in [3.8, 4) is 39.9 Å². The molecule has 3 heterocycles. The average molecular weight is 665 g/mol. The molecule has 0 aliphatic carbocycles. The van der Waals surface area contributed by atoms with Gasteiger partial charge in [0.1, 0.15) is 11.2 Å². The highest BCUT2D eigenvalue weighted by Crippen LogP contribution is 2.39. The van der Waals surface area contributed by atoms with Crippen LogP contribution in [0.15, 0.2) is 174 Å². The fourth-order valence-electron chi connectivity index (χ4n) is 7.73. The Morgan fingerprint density at radius 2 is 1.04 bits per heavy atom. The molecule has 0 radical (unpaired) electrons. The molecule has 242 valence electrons. The van der Waals surface area contributed by atoms with Gasteiger partial charge in [-0.2, -0.15) is 0 Å². The maximum atomic E-state index is 6.45. The lowest BCUT2D eigenvalue weighted by molar-refractivity contribution is 0.669. The largest absolute Gasteiger partial charge is 0.456 e. The Bertz CT molecular complexity index is 3180. The lowest BCUT2D eigenvalue weighted by Crippen LogP contribution is -2.00. The van der Waals surface area contributed by atoms with Crippen LogP contribution in [-0.4, -0.2) is 19.5 Å². The quantitative estimate of drug-likeness (QED) is 0.188. The van der Waals surface area contributed by atoms with Gasteiger partial charge in [0, 0.05) is 43.9 Å². The zero-order valence-corrected chi connectivity index (χ0v) is 27.9. The van der Waals surface area contributed by atoms with Gasteiger partial charge in [-0.3, -0.25) is 0 Å². The van der Waals surface area contributed by atoms with Crippen molar-refractivity contribution in [3.63, 3.8) is 0 Å². The topological polar surface area (TPSA) is 56.7 Å². The summed E-state index contributed by atoms with van der Waals surface area (Å²) >= 11 is 0. The molecule has 0 amide bonds. The molecule has 0 N–H and O–H groups in total. The number of fused-ring (bicyclic) bond motifs is 8. The summed E-state index contributed by atoms with van der Waals surface area (Å²) in [7, 11) is 0. The minimum Gasteiger partial charge on any atom is -0.456 e. The standard InChI is InChI=1S/C47H28N4O/c1-3-12-29(13-4-1)45-48-46(33-22-23-36-40-24-30-14-7-8-15-31(30)26-44(40)52-43(36)27-33)50-47(49-45)37-20-11-16-32-25-42-39(28-38(32)37)35-19-9-10-21-41(35)51(42)34-17-5-2-6-18-34/h1-28H. The van der Waals surface area contributed by atoms with Crippen LogP contribution in [0.4, 0.5) is 0 Å². The van der Waals surface area contributed by atoms with Crippen molar-refractivity contribution in [2.75, 3.05) is 0 Å². The summed E-state index contributed by atoms with van der Waals surface area (Å²) in [5.41, 5.74) is 7.87. The van der Waals surface area contributed by atoms with E-state index in [1.165, 1.54) is 21.7 Å². The smallest absolute Gasteiger partial charge is 0.164 e. The van der Waals surface area contributed by atoms with Crippen LogP contribution < -0.4 is 0 Å². The summed E-state index contributed by atoms with van der Waals surface area (Å²) in [6.45, 7) is 0. The van der Waals surface area contributed by atoms with Crippen molar-refractivity contribution >= 4 is 65.3 Å². The molecule has 0 atom stereocenters. The number of furan rings is 1. The van der Waals surface area contributed by atoms with Crippen LogP contribution in [0.25, 0.3) is 105 Å². The van der Waals surface area contributed by atoms with Gasteiger partial charge in [-0.05, 0) is 76.1 Å². The Morgan fingerprint density at radius 3 is 1.88 bits per heavy atom. The summed E-state index contributed by atoms with van der Waals surface area (Å²) in [6.07, 6.45) is 0. The predicted octanol–water partition coefficient (Wildman–Crippen LogP) is 12.2. The number of para-hydroxylation sites is 2. The maximum Gasteiger partial charge on any atom is 0.164 e. The van der Waals surface area contributed by atoms with Crippen molar-refractivity contribution in [1.29, 1.82) is 0 Å². The number of aromatic nitrogens is 4. The van der Waals surface area contributed by atoms with Gasteiger partial charge in [-0.15, -0.1) is 0 Å². The van der Waals surface area contributed by atoms with Gasteiger partial charge in [0.2, 0.25) is 0 Å². The van der Waals surface area contributed by atoms with Gasteiger partial charge in [-0.25, -0.2) is 15.0 Å². The number of rotatable bonds is 4. The number of benzene rings is 8. The SMILES string of the molecule is c1ccc(-c2nc(-c3ccc4c(c3)oc3cc5ccccc5cc34)nc(-c3cccc4cc5c(cc34)c3ccccc3n5-c3ccccc3)n2)cc1. The Kier molecular flexibility index (Phi) is 6.18. The van der Waals surface area contributed by atoms with Gasteiger partial charge in [0.25, 0.3) is 0 Å². The van der Waals surface area contributed by atoms with E-state index in [1.807, 2.05) is 30.3 Å². The van der Waals surface area contributed by atoms with Crippen molar-refractivity contribution in [2.45, 2.75) is 0 Å². The molecule has 3 aromatic heterocycles. The molecule has 5 nitrogen and oxygen atoms in total. The first-order chi connectivity index (χ1) is 25.7. The second-order valence-electron chi connectivity index (χ2n) is 13.3. The zero-order valence-electron chi connectivity index (χ0n) is 27.9. The van der Waals surface area contributed by atoms with E-state index in [0.29, 0.717) is 17.5 Å². The molecule has 5 heteroatoms. The fourth-order valence-corrected chi connectivity index (χ4v) is 7.73. The normalized spacial score (nSPS) is 11.8. The van der Waals surface area contributed by atoms with Crippen LogP contribution in [0, 0.1) is 0 Å². The van der Waals surface area contributed by atoms with Gasteiger partial charge in [0.15, 0.2) is 17.5 Å². The molecule has 0 saturated heterocycles. The average Bonchev–Trinajstić information content (AvgIpc) is 3.73. The molecule has 0 aliphatic heterocycles. The van der Waals surface area contributed by atoms with Crippen LogP contribution in [-0.2, 0) is 0 Å². The molecule has 0 unspecified atom stereocenters. The second kappa shape index (κ2) is 11.2. The van der Waals surface area contributed by atoms with Crippen LogP contribution in [0.2, 0.25) is 0 Å². The highest BCUT2D eigenvalue weighted by Gasteiger charge is 2.19. The number of hydrogen-bond donors (Lipinski definition) is 0. The molecule has 11 rings (SSSR count). The van der Waals surface area contributed by atoms with E-state index in [4.69, 9.17) is 19.4 Å². The van der Waals surface area contributed by atoms with Crippen molar-refractivity contribution in [1.82, 2.24) is 19.5 Å². The van der Waals surface area contributed by atoms with Crippen molar-refractivity contribution in [2.24, 2.45) is 0 Å². The lowest BCUT2D eigenvalue weighted by Gasteiger charge is -2.11. The molecule has 52 heavy (non-hydrogen) atoms. The summed E-state index contributed by atoms with van der Waals surface area (Å²) in [5.74, 6) is 1.84. The molecule has 0 saturated carbocycles. The van der Waals surface area contributed by atoms with Crippen molar-refractivity contribution in [3.05, 3.63) is 170 Å². The zero-order chi connectivity index (χ0) is 34.2. The summed E-state index contributed by atoms with van der Waals surface area (Å²) in [4.78, 5) is 15.3. The van der Waals surface area contributed by atoms with Crippen molar-refractivity contribution < 1.29 is 4.42 Å². The highest BCUT2D eigenvalue weighted by atomic mass is 16.3. The van der Waals surface area contributed by atoms with E-state index >= 15 is 0 Å². The van der Waals surface area contributed by atoms with E-state index < -0.39 is 0 Å². The molecular weight excluding hydrogens is 637 g/mol. The number of hydrogen-bond acceptors (Lipinski definition) is 4. The van der Waals surface area contributed by atoms with Gasteiger partial charge >= 0.3 is 0 Å². The summed E-state index contributed by atoms with van der Waals surface area (Å²) in [5, 5.41) is 9.08. The molecule has 11 aromatic rings. The Hall–Kier alpha value is -7.11. The van der Waals surface area contributed by atoms with E-state index in [2.05, 4.69) is 144 Å². The highest BCUT2D eigenvalue weighted by molar-refractivity contribution is 6.15.